The van der Waals surface area contributed by atoms with Gasteiger partial charge in [-0.05, 0) is 55.8 Å². The average molecular weight is 372 g/mol. The minimum Gasteiger partial charge on any atom is -0.299 e. The van der Waals surface area contributed by atoms with Crippen LogP contribution < -0.4 is 4.72 Å². The van der Waals surface area contributed by atoms with Gasteiger partial charge in [0.05, 0.1) is 4.90 Å². The van der Waals surface area contributed by atoms with Crippen LogP contribution in [0.1, 0.15) is 18.0 Å². The molecule has 1 fully saturated rings. The molecule has 1 saturated heterocycles. The molecule has 2 atom stereocenters. The number of hydrogen-bond donors (Lipinski definition) is 2. The fourth-order valence-corrected chi connectivity index (χ4v) is 4.72. The summed E-state index contributed by atoms with van der Waals surface area (Å²) in [6, 6.07) is 8.84. The van der Waals surface area contributed by atoms with Gasteiger partial charge in [-0.2, -0.15) is 15.4 Å². The normalized spacial score (nSPS) is 21.4. The summed E-state index contributed by atoms with van der Waals surface area (Å²) >= 11 is 0. The van der Waals surface area contributed by atoms with Gasteiger partial charge >= 0.3 is 0 Å². The number of aromatic amines is 1. The smallest absolute Gasteiger partial charge is 0.240 e. The van der Waals surface area contributed by atoms with Gasteiger partial charge in [0.15, 0.2) is 0 Å². The molecule has 3 aromatic rings. The van der Waals surface area contributed by atoms with Crippen LogP contribution in [-0.2, 0) is 10.0 Å². The van der Waals surface area contributed by atoms with Crippen LogP contribution >= 0.6 is 0 Å². The predicted molar refractivity (Wildman–Crippen MR) is 96.8 cm³/mol. The molecular weight excluding hydrogens is 352 g/mol. The second kappa shape index (κ2) is 6.75. The first-order valence-electron chi connectivity index (χ1n) is 8.45. The molecule has 26 heavy (non-hydrogen) atoms. The number of nitrogens with one attached hydrogen (secondary N) is 2. The van der Waals surface area contributed by atoms with E-state index < -0.39 is 10.0 Å². The van der Waals surface area contributed by atoms with Crippen LogP contribution in [0.4, 0.5) is 0 Å². The lowest BCUT2D eigenvalue weighted by molar-refractivity contribution is 0.276. The molecule has 8 nitrogen and oxygen atoms in total. The fraction of sp³-hybridized carbons (Fsp3) is 0.353. The number of benzene rings is 1. The van der Waals surface area contributed by atoms with E-state index in [9.17, 15) is 8.42 Å². The molecule has 0 spiro atoms. The standard InChI is InChI=1S/C17H20N6O2S/c1-23-8-6-13(17(23)12-3-2-7-18-10-12)11-19-26(24,25)14-4-5-15-16(9-14)21-22-20-15/h2-5,7,9-10,13,17,19H,6,8,11H2,1H3,(H,20,21,22)/t13-,17-/m0/s1. The molecule has 9 heteroatoms. The Hall–Kier alpha value is -2.36. The van der Waals surface area contributed by atoms with E-state index in [0.29, 0.717) is 17.6 Å². The predicted octanol–water partition coefficient (Wildman–Crippen LogP) is 1.32. The first-order chi connectivity index (χ1) is 12.5. The summed E-state index contributed by atoms with van der Waals surface area (Å²) < 4.78 is 28.1. The summed E-state index contributed by atoms with van der Waals surface area (Å²) in [7, 11) is -1.55. The molecule has 0 saturated carbocycles. The lowest BCUT2D eigenvalue weighted by Gasteiger charge is -2.25. The monoisotopic (exact) mass is 372 g/mol. The summed E-state index contributed by atoms with van der Waals surface area (Å²) in [5.41, 5.74) is 2.28. The van der Waals surface area contributed by atoms with E-state index in [-0.39, 0.29) is 16.9 Å². The summed E-state index contributed by atoms with van der Waals surface area (Å²) in [6.07, 6.45) is 4.53. The number of hydrogen-bond acceptors (Lipinski definition) is 6. The van der Waals surface area contributed by atoms with E-state index in [4.69, 9.17) is 0 Å². The second-order valence-electron chi connectivity index (χ2n) is 6.59. The number of pyridine rings is 1. The Morgan fingerprint density at radius 1 is 1.27 bits per heavy atom. The van der Waals surface area contributed by atoms with Gasteiger partial charge in [-0.1, -0.05) is 6.07 Å². The number of fused-ring (bicyclic) bond motifs is 1. The number of H-pyrrole nitrogens is 1. The van der Waals surface area contributed by atoms with Crippen LogP contribution in [0.15, 0.2) is 47.6 Å². The third-order valence-electron chi connectivity index (χ3n) is 4.93. The Balaban J connectivity index is 1.51. The summed E-state index contributed by atoms with van der Waals surface area (Å²) in [4.78, 5) is 6.64. The first kappa shape index (κ1) is 17.1. The van der Waals surface area contributed by atoms with Gasteiger partial charge in [0, 0.05) is 25.0 Å². The Morgan fingerprint density at radius 2 is 2.12 bits per heavy atom. The molecule has 136 valence electrons. The summed E-state index contributed by atoms with van der Waals surface area (Å²) in [5, 5.41) is 10.4. The second-order valence-corrected chi connectivity index (χ2v) is 8.35. The molecule has 4 rings (SSSR count). The van der Waals surface area contributed by atoms with Crippen molar-refractivity contribution in [1.82, 2.24) is 30.0 Å². The molecule has 0 unspecified atom stereocenters. The van der Waals surface area contributed by atoms with Crippen LogP contribution in [0.25, 0.3) is 11.0 Å². The van der Waals surface area contributed by atoms with Gasteiger partial charge in [-0.25, -0.2) is 13.1 Å². The van der Waals surface area contributed by atoms with Gasteiger partial charge in [0.1, 0.15) is 11.0 Å². The molecule has 0 aliphatic carbocycles. The van der Waals surface area contributed by atoms with Crippen molar-refractivity contribution in [3.63, 3.8) is 0 Å². The third-order valence-corrected chi connectivity index (χ3v) is 6.35. The Labute approximate surface area is 151 Å². The molecule has 0 radical (unpaired) electrons. The van der Waals surface area contributed by atoms with E-state index >= 15 is 0 Å². The first-order valence-corrected chi connectivity index (χ1v) is 9.93. The van der Waals surface area contributed by atoms with Crippen molar-refractivity contribution in [2.75, 3.05) is 20.1 Å². The molecular formula is C17H20N6O2S. The lowest BCUT2D eigenvalue weighted by atomic mass is 9.95. The average Bonchev–Trinajstić information content (AvgIpc) is 3.26. The van der Waals surface area contributed by atoms with Crippen molar-refractivity contribution in [2.45, 2.75) is 17.4 Å². The number of sulfonamides is 1. The SMILES string of the molecule is CN1CC[C@@H](CNS(=O)(=O)c2ccc3n[nH]nc3c2)[C@@H]1c1cccnc1. The van der Waals surface area contributed by atoms with Crippen LogP contribution in [-0.4, -0.2) is 53.8 Å². The summed E-state index contributed by atoms with van der Waals surface area (Å²) in [5.74, 6) is 0.190. The molecule has 1 aliphatic heterocycles. The number of rotatable bonds is 5. The minimum atomic E-state index is -3.61. The topological polar surface area (TPSA) is 104 Å². The highest BCUT2D eigenvalue weighted by Crippen LogP contribution is 2.35. The minimum absolute atomic E-state index is 0.157. The maximum atomic E-state index is 12.7. The van der Waals surface area contributed by atoms with Crippen LogP contribution in [0.2, 0.25) is 0 Å². The fourth-order valence-electron chi connectivity index (χ4n) is 3.60. The molecule has 2 aromatic heterocycles. The van der Waals surface area contributed by atoms with E-state index in [0.717, 1.165) is 18.5 Å². The highest BCUT2D eigenvalue weighted by molar-refractivity contribution is 7.89. The third kappa shape index (κ3) is 3.20. The Bertz CT molecular complexity index is 1000. The Kier molecular flexibility index (Phi) is 4.43. The van der Waals surface area contributed by atoms with Gasteiger partial charge in [0.2, 0.25) is 10.0 Å². The van der Waals surface area contributed by atoms with Gasteiger partial charge in [-0.15, -0.1) is 0 Å². The molecule has 0 amide bonds. The number of aromatic nitrogens is 4. The van der Waals surface area contributed by atoms with Crippen LogP contribution in [0.5, 0.6) is 0 Å². The van der Waals surface area contributed by atoms with Crippen molar-refractivity contribution < 1.29 is 8.42 Å². The quantitative estimate of drug-likeness (QED) is 0.700. The van der Waals surface area contributed by atoms with Gasteiger partial charge < -0.3 is 0 Å². The highest BCUT2D eigenvalue weighted by atomic mass is 32.2. The van der Waals surface area contributed by atoms with Crippen molar-refractivity contribution in [3.05, 3.63) is 48.3 Å². The maximum Gasteiger partial charge on any atom is 0.240 e. The van der Waals surface area contributed by atoms with Crippen LogP contribution in [0.3, 0.4) is 0 Å². The highest BCUT2D eigenvalue weighted by Gasteiger charge is 2.33. The molecule has 1 aliphatic rings. The molecule has 3 heterocycles. The number of likely N-dealkylation sites (tertiary alicyclic amines) is 1. The molecule has 2 N–H and O–H groups in total. The maximum absolute atomic E-state index is 12.7. The summed E-state index contributed by atoms with van der Waals surface area (Å²) in [6.45, 7) is 1.31. The van der Waals surface area contributed by atoms with Crippen molar-refractivity contribution >= 4 is 21.1 Å². The molecule has 0 bridgehead atoms. The van der Waals surface area contributed by atoms with Gasteiger partial charge in [0.25, 0.3) is 0 Å². The van der Waals surface area contributed by atoms with Gasteiger partial charge in [-0.3, -0.25) is 9.88 Å². The van der Waals surface area contributed by atoms with Crippen molar-refractivity contribution in [1.29, 1.82) is 0 Å². The largest absolute Gasteiger partial charge is 0.299 e. The van der Waals surface area contributed by atoms with E-state index in [1.54, 1.807) is 18.3 Å². The zero-order valence-corrected chi connectivity index (χ0v) is 15.1. The zero-order chi connectivity index (χ0) is 18.1. The van der Waals surface area contributed by atoms with E-state index in [1.165, 1.54) is 6.07 Å². The van der Waals surface area contributed by atoms with Crippen molar-refractivity contribution in [3.8, 4) is 0 Å². The van der Waals surface area contributed by atoms with Crippen LogP contribution in [0, 0.1) is 5.92 Å². The van der Waals surface area contributed by atoms with Crippen molar-refractivity contribution in [2.24, 2.45) is 5.92 Å². The van der Waals surface area contributed by atoms with E-state index in [1.807, 2.05) is 18.3 Å². The lowest BCUT2D eigenvalue weighted by Crippen LogP contribution is -2.32. The molecule has 1 aromatic carbocycles. The number of nitrogens with zero attached hydrogens (tertiary/aromatic N) is 4. The Morgan fingerprint density at radius 3 is 2.92 bits per heavy atom. The zero-order valence-electron chi connectivity index (χ0n) is 14.3. The van der Waals surface area contributed by atoms with E-state index in [2.05, 4.69) is 37.1 Å².